The van der Waals surface area contributed by atoms with Crippen molar-refractivity contribution in [1.82, 2.24) is 88.7 Å². The molecule has 0 unspecified atom stereocenters. The van der Waals surface area contributed by atoms with Crippen molar-refractivity contribution in [2.45, 2.75) is 137 Å². The molecule has 31 heteroatoms. The molecule has 0 bridgehead atoms. The molecule has 9 heterocycles. The van der Waals surface area contributed by atoms with Crippen LogP contribution in [0.2, 0.25) is 5.02 Å². The predicted octanol–water partition coefficient (Wildman–Crippen LogP) is 16.1. The number of nitrogens with zero attached hydrogens (tertiary/aromatic N) is 17. The van der Waals surface area contributed by atoms with Crippen LogP contribution in [0, 0.1) is 26.6 Å². The van der Waals surface area contributed by atoms with Crippen molar-refractivity contribution in [3.63, 3.8) is 0 Å². The number of nitrogen functional groups attached to an aromatic ring is 3. The molecule has 0 aliphatic heterocycles. The van der Waals surface area contributed by atoms with Gasteiger partial charge in [0.15, 0.2) is 11.3 Å². The van der Waals surface area contributed by atoms with Crippen LogP contribution in [0.25, 0.3) is 72.7 Å². The Bertz CT molecular complexity index is 5640. The van der Waals surface area contributed by atoms with E-state index in [4.69, 9.17) is 44.1 Å². The lowest BCUT2D eigenvalue weighted by Gasteiger charge is -2.29. The van der Waals surface area contributed by atoms with Gasteiger partial charge in [-0.1, -0.05) is 139 Å². The zero-order valence-corrected chi connectivity index (χ0v) is 66.5. The van der Waals surface area contributed by atoms with Crippen LogP contribution in [0.4, 0.5) is 65.1 Å². The Labute approximate surface area is 657 Å². The maximum absolute atomic E-state index is 15.1. The SMILES string of the molecule is Cc1ccc(-n2nc(C(C)(C)C)cc2NC(=O)NC2CCC(c3cn(C)c4ncnc(N)c34)CC2)cc1.Cc1ccc(-n2nc(C(C)(C)C)cc2NC(=O)Nc2ccc(-c3nn(C)c4ncnc(N)c34)cc2Cl)cc1.Cc1ccc(-n2nc(C(C)(C)C)cc2NC(=O)Nc2ccc(-c3nn(C)c4ncnc(N)c34)cc2F)cc1. The zero-order chi connectivity index (χ0) is 80.7. The number of carbonyl (C=O) groups excluding carboxylic acids is 3. The third kappa shape index (κ3) is 17.1. The summed E-state index contributed by atoms with van der Waals surface area (Å²) >= 11 is 6.57. The number of aryl methyl sites for hydroxylation is 6. The van der Waals surface area contributed by atoms with Crippen molar-refractivity contribution < 1.29 is 18.8 Å². The first-order valence-corrected chi connectivity index (χ1v) is 37.3. The molecule has 113 heavy (non-hydrogen) atoms. The molecule has 29 nitrogen and oxygen atoms in total. The van der Waals surface area contributed by atoms with Crippen molar-refractivity contribution in [3.05, 3.63) is 203 Å². The third-order valence-electron chi connectivity index (χ3n) is 19.6. The van der Waals surface area contributed by atoms with Gasteiger partial charge >= 0.3 is 18.1 Å². The Morgan fingerprint density at radius 2 is 0.814 bits per heavy atom. The number of hydrogen-bond acceptors (Lipinski definition) is 17. The highest BCUT2D eigenvalue weighted by atomic mass is 35.5. The van der Waals surface area contributed by atoms with Crippen LogP contribution >= 0.6 is 11.6 Å². The van der Waals surface area contributed by atoms with Crippen molar-refractivity contribution >= 4 is 109 Å². The molecule has 1 aliphatic rings. The number of urea groups is 3. The van der Waals surface area contributed by atoms with Crippen LogP contribution in [0.3, 0.4) is 0 Å². The van der Waals surface area contributed by atoms with E-state index in [-0.39, 0.29) is 39.8 Å². The van der Waals surface area contributed by atoms with Gasteiger partial charge in [0.25, 0.3) is 0 Å². The lowest BCUT2D eigenvalue weighted by Crippen LogP contribution is -2.40. The molecule has 6 amide bonds. The molecule has 582 valence electrons. The van der Waals surface area contributed by atoms with E-state index >= 15 is 4.39 Å². The van der Waals surface area contributed by atoms with Crippen LogP contribution in [-0.2, 0) is 37.4 Å². The standard InChI is InChI=1S/C28H36N8O.C27H28ClN9O.C27H28FN9O/c1-17-6-12-20(13-7-17)36-23(14-22(34-36)28(2,3)4)33-27(37)32-19-10-8-18(9-11-19)21-15-35(5)26-24(21)25(29)30-16-31-26;2*1-15-6-9-17(10-7-15)37-21(13-20(34-37)27(2,3)4)33-26(38)32-19-11-8-16(12-18(19)28)23-22-24(29)30-14-31-25(22)36(5)35-23/h6-7,12-16,18-19H,8-11H2,1-5H3,(H2,29,30,31)(H2,32,33,37);2*6-14H,1-5H3,(H2,29,30,31)(H2,32,33,38). The summed E-state index contributed by atoms with van der Waals surface area (Å²) in [6.07, 6.45) is 10.1. The van der Waals surface area contributed by atoms with Gasteiger partial charge in [0.1, 0.15) is 76.7 Å². The summed E-state index contributed by atoms with van der Waals surface area (Å²) in [4.78, 5) is 64.2. The van der Waals surface area contributed by atoms with E-state index < -0.39 is 17.9 Å². The predicted molar refractivity (Wildman–Crippen MR) is 444 cm³/mol. The second-order valence-corrected chi connectivity index (χ2v) is 31.9. The Hall–Kier alpha value is -13.1. The fourth-order valence-electron chi connectivity index (χ4n) is 13.3. The van der Waals surface area contributed by atoms with Gasteiger partial charge in [-0.2, -0.15) is 25.5 Å². The first kappa shape index (κ1) is 78.0. The second-order valence-electron chi connectivity index (χ2n) is 31.4. The van der Waals surface area contributed by atoms with Crippen molar-refractivity contribution in [2.75, 3.05) is 43.8 Å². The maximum atomic E-state index is 15.1. The van der Waals surface area contributed by atoms with Gasteiger partial charge in [-0.05, 0) is 119 Å². The number of fused-ring (bicyclic) bond motifs is 3. The van der Waals surface area contributed by atoms with E-state index in [1.165, 1.54) is 42.2 Å². The summed E-state index contributed by atoms with van der Waals surface area (Å²) in [5.74, 6) is 2.51. The molecule has 0 saturated heterocycles. The summed E-state index contributed by atoms with van der Waals surface area (Å²) in [7, 11) is 5.50. The van der Waals surface area contributed by atoms with Crippen LogP contribution in [0.15, 0.2) is 153 Å². The van der Waals surface area contributed by atoms with Gasteiger partial charge in [-0.15, -0.1) is 0 Å². The van der Waals surface area contributed by atoms with E-state index in [0.29, 0.717) is 84.7 Å². The molecule has 1 aliphatic carbocycles. The summed E-state index contributed by atoms with van der Waals surface area (Å²) in [5, 5.41) is 43.1. The number of halogens is 2. The summed E-state index contributed by atoms with van der Waals surface area (Å²) < 4.78 is 25.5. The maximum Gasteiger partial charge on any atom is 0.324 e. The van der Waals surface area contributed by atoms with E-state index in [2.05, 4.69) is 127 Å². The molecule has 0 radical (unpaired) electrons. The number of amides is 6. The minimum absolute atomic E-state index is 0.00755. The third-order valence-corrected chi connectivity index (χ3v) is 19.9. The molecule has 0 spiro atoms. The molecule has 5 aromatic carbocycles. The number of nitrogens with one attached hydrogen (secondary N) is 6. The van der Waals surface area contributed by atoms with Gasteiger partial charge in [0, 0.05) is 79.0 Å². The molecule has 14 aromatic rings. The number of benzene rings is 5. The minimum Gasteiger partial charge on any atom is -0.383 e. The van der Waals surface area contributed by atoms with Crippen molar-refractivity contribution in [2.24, 2.45) is 21.1 Å². The molecule has 12 N–H and O–H groups in total. The van der Waals surface area contributed by atoms with Gasteiger partial charge in [0.05, 0.1) is 66.7 Å². The van der Waals surface area contributed by atoms with E-state index in [1.54, 1.807) is 51.0 Å². The minimum atomic E-state index is -0.630. The summed E-state index contributed by atoms with van der Waals surface area (Å²) in [5.41, 5.74) is 32.2. The number of rotatable bonds is 12. The highest BCUT2D eigenvalue weighted by Gasteiger charge is 2.30. The van der Waals surface area contributed by atoms with Crippen LogP contribution in [0.5, 0.6) is 0 Å². The Kier molecular flexibility index (Phi) is 21.6. The number of aromatic nitrogens is 17. The molecular weight excluding hydrogens is 1450 g/mol. The van der Waals surface area contributed by atoms with E-state index in [0.717, 1.165) is 87.6 Å². The molecule has 0 atom stereocenters. The summed E-state index contributed by atoms with van der Waals surface area (Å²) in [6, 6.07) is 38.0. The smallest absolute Gasteiger partial charge is 0.324 e. The average molecular weight is 1540 g/mol. The average Bonchev–Trinajstić information content (AvgIpc) is 1.64. The first-order valence-electron chi connectivity index (χ1n) is 36.9. The van der Waals surface area contributed by atoms with Gasteiger partial charge in [0.2, 0.25) is 0 Å². The highest BCUT2D eigenvalue weighted by molar-refractivity contribution is 6.34. The highest BCUT2D eigenvalue weighted by Crippen LogP contribution is 2.40. The Morgan fingerprint density at radius 3 is 1.21 bits per heavy atom. The normalized spacial score (nSPS) is 13.8. The van der Waals surface area contributed by atoms with Crippen molar-refractivity contribution in [3.8, 4) is 39.6 Å². The lowest BCUT2D eigenvalue weighted by atomic mass is 9.82. The molecule has 9 aromatic heterocycles. The van der Waals surface area contributed by atoms with Crippen LogP contribution in [-0.4, -0.2) is 108 Å². The number of anilines is 8. The fraction of sp³-hybridized carbons (Fsp3) is 0.293. The van der Waals surface area contributed by atoms with E-state index in [1.807, 2.05) is 148 Å². The first-order chi connectivity index (χ1) is 53.6. The number of nitrogens with two attached hydrogens (primary N) is 3. The Morgan fingerprint density at radius 1 is 0.442 bits per heavy atom. The van der Waals surface area contributed by atoms with Gasteiger partial charge < -0.3 is 37.7 Å². The van der Waals surface area contributed by atoms with Crippen LogP contribution < -0.4 is 49.1 Å². The second kappa shape index (κ2) is 31.3. The molecular formula is C82H92ClFN26O3. The van der Waals surface area contributed by atoms with Crippen molar-refractivity contribution in [1.29, 1.82) is 0 Å². The fourth-order valence-corrected chi connectivity index (χ4v) is 13.5. The molecule has 15 rings (SSSR count). The van der Waals surface area contributed by atoms with E-state index in [9.17, 15) is 14.4 Å². The quantitative estimate of drug-likeness (QED) is 0.0548. The number of hydrogen-bond donors (Lipinski definition) is 9. The Balaban J connectivity index is 0.000000148. The molecule has 1 fully saturated rings. The zero-order valence-electron chi connectivity index (χ0n) is 65.7. The monoisotopic (exact) mass is 1540 g/mol. The van der Waals surface area contributed by atoms with Gasteiger partial charge in [-0.3, -0.25) is 16.0 Å². The van der Waals surface area contributed by atoms with Crippen LogP contribution in [0.1, 0.15) is 133 Å². The number of carbonyl (C=O) groups is 3. The lowest BCUT2D eigenvalue weighted by molar-refractivity contribution is 0.242. The summed E-state index contributed by atoms with van der Waals surface area (Å²) in [6.45, 7) is 24.8. The molecule has 1 saturated carbocycles. The largest absolute Gasteiger partial charge is 0.383 e. The van der Waals surface area contributed by atoms with Gasteiger partial charge in [-0.25, -0.2) is 72.1 Å². The topological polar surface area (TPSA) is 373 Å².